The van der Waals surface area contributed by atoms with Crippen LogP contribution < -0.4 is 5.32 Å². The molecule has 18 heavy (non-hydrogen) atoms. The van der Waals surface area contributed by atoms with Crippen molar-refractivity contribution < 1.29 is 0 Å². The fraction of sp³-hybridized carbons (Fsp3) is 0.286. The average molecular weight is 255 g/mol. The fourth-order valence-electron chi connectivity index (χ4n) is 1.79. The number of hydrogen-bond acceptors (Lipinski definition) is 4. The number of nitriles is 1. The third kappa shape index (κ3) is 2.58. The Bertz CT molecular complexity index is 593. The Kier molecular flexibility index (Phi) is 3.09. The first kappa shape index (κ1) is 11.4. The molecule has 1 aliphatic carbocycles. The molecular weight excluding hydrogens is 242 g/mol. The highest BCUT2D eigenvalue weighted by atomic mass is 32.1. The minimum Gasteiger partial charge on any atom is -0.308 e. The maximum atomic E-state index is 8.89. The number of rotatable bonds is 4. The second kappa shape index (κ2) is 4.89. The van der Waals surface area contributed by atoms with Gasteiger partial charge in [0.1, 0.15) is 5.01 Å². The monoisotopic (exact) mass is 255 g/mol. The molecule has 4 heteroatoms. The number of hydrogen-bond donors (Lipinski definition) is 1. The van der Waals surface area contributed by atoms with Gasteiger partial charge >= 0.3 is 0 Å². The molecule has 1 heterocycles. The van der Waals surface area contributed by atoms with Gasteiger partial charge in [-0.25, -0.2) is 4.98 Å². The zero-order chi connectivity index (χ0) is 12.4. The van der Waals surface area contributed by atoms with Gasteiger partial charge in [0.15, 0.2) is 0 Å². The lowest BCUT2D eigenvalue weighted by Crippen LogP contribution is -2.14. The first-order valence-electron chi connectivity index (χ1n) is 6.04. The Hall–Kier alpha value is -1.70. The average Bonchev–Trinajstić information content (AvgIpc) is 3.13. The molecule has 1 aliphatic rings. The van der Waals surface area contributed by atoms with E-state index in [2.05, 4.69) is 16.4 Å². The molecule has 0 saturated heterocycles. The van der Waals surface area contributed by atoms with Crippen LogP contribution in [0.4, 0.5) is 0 Å². The van der Waals surface area contributed by atoms with Crippen molar-refractivity contribution in [2.75, 3.05) is 0 Å². The molecule has 1 saturated carbocycles. The van der Waals surface area contributed by atoms with Crippen LogP contribution in [0, 0.1) is 11.3 Å². The summed E-state index contributed by atoms with van der Waals surface area (Å²) in [6.07, 6.45) is 4.48. The lowest BCUT2D eigenvalue weighted by atomic mass is 10.1. The van der Waals surface area contributed by atoms with Crippen LogP contribution in [0.15, 0.2) is 30.5 Å². The summed E-state index contributed by atoms with van der Waals surface area (Å²) in [5, 5.41) is 13.5. The van der Waals surface area contributed by atoms with Gasteiger partial charge in [0.25, 0.3) is 0 Å². The summed E-state index contributed by atoms with van der Waals surface area (Å²) in [7, 11) is 0. The first-order valence-corrected chi connectivity index (χ1v) is 6.85. The molecule has 0 atom stereocenters. The summed E-state index contributed by atoms with van der Waals surface area (Å²) in [4.78, 5) is 5.55. The normalized spacial score (nSPS) is 14.4. The van der Waals surface area contributed by atoms with E-state index in [0.29, 0.717) is 11.6 Å². The molecule has 0 unspecified atom stereocenters. The van der Waals surface area contributed by atoms with Crippen molar-refractivity contribution in [2.45, 2.75) is 25.4 Å². The molecule has 1 N–H and O–H groups in total. The zero-order valence-corrected chi connectivity index (χ0v) is 10.7. The van der Waals surface area contributed by atoms with Crippen molar-refractivity contribution >= 4 is 11.3 Å². The second-order valence-corrected chi connectivity index (χ2v) is 5.58. The minimum atomic E-state index is 0.693. The topological polar surface area (TPSA) is 48.7 Å². The van der Waals surface area contributed by atoms with E-state index in [1.165, 1.54) is 12.8 Å². The largest absolute Gasteiger partial charge is 0.308 e. The van der Waals surface area contributed by atoms with Crippen LogP contribution in [-0.4, -0.2) is 11.0 Å². The third-order valence-corrected chi connectivity index (χ3v) is 4.00. The van der Waals surface area contributed by atoms with Crippen molar-refractivity contribution in [3.63, 3.8) is 0 Å². The molecule has 90 valence electrons. The number of aromatic nitrogens is 1. The minimum absolute atomic E-state index is 0.693. The lowest BCUT2D eigenvalue weighted by molar-refractivity contribution is 0.684. The first-order chi connectivity index (χ1) is 8.85. The van der Waals surface area contributed by atoms with Crippen LogP contribution in [0.2, 0.25) is 0 Å². The molecule has 1 aromatic carbocycles. The molecule has 0 radical (unpaired) electrons. The van der Waals surface area contributed by atoms with E-state index in [4.69, 9.17) is 5.26 Å². The van der Waals surface area contributed by atoms with Crippen molar-refractivity contribution in [3.8, 4) is 16.5 Å². The Morgan fingerprint density at radius 3 is 3.11 bits per heavy atom. The molecule has 3 nitrogen and oxygen atoms in total. The van der Waals surface area contributed by atoms with Gasteiger partial charge in [-0.3, -0.25) is 0 Å². The molecule has 0 spiro atoms. The number of nitrogens with zero attached hydrogens (tertiary/aromatic N) is 2. The van der Waals surface area contributed by atoms with Crippen LogP contribution in [0.25, 0.3) is 10.4 Å². The quantitative estimate of drug-likeness (QED) is 0.913. The Morgan fingerprint density at radius 2 is 2.33 bits per heavy atom. The number of nitrogens with one attached hydrogen (secondary N) is 1. The van der Waals surface area contributed by atoms with Gasteiger partial charge in [-0.05, 0) is 30.5 Å². The van der Waals surface area contributed by atoms with Crippen molar-refractivity contribution in [1.29, 1.82) is 5.26 Å². The van der Waals surface area contributed by atoms with Crippen LogP contribution in [-0.2, 0) is 6.54 Å². The third-order valence-electron chi connectivity index (χ3n) is 2.95. The van der Waals surface area contributed by atoms with Gasteiger partial charge in [-0.2, -0.15) is 5.26 Å². The summed E-state index contributed by atoms with van der Waals surface area (Å²) < 4.78 is 0. The van der Waals surface area contributed by atoms with Crippen LogP contribution in [0.3, 0.4) is 0 Å². The van der Waals surface area contributed by atoms with Crippen LogP contribution in [0.1, 0.15) is 23.4 Å². The van der Waals surface area contributed by atoms with E-state index in [9.17, 15) is 0 Å². The van der Waals surface area contributed by atoms with E-state index >= 15 is 0 Å². The summed E-state index contributed by atoms with van der Waals surface area (Å²) >= 11 is 1.69. The highest BCUT2D eigenvalue weighted by Crippen LogP contribution is 2.27. The van der Waals surface area contributed by atoms with Gasteiger partial charge in [-0.15, -0.1) is 11.3 Å². The van der Waals surface area contributed by atoms with E-state index in [-0.39, 0.29) is 0 Å². The fourth-order valence-corrected chi connectivity index (χ4v) is 2.65. The summed E-state index contributed by atoms with van der Waals surface area (Å²) in [5.74, 6) is 0. The molecule has 0 bridgehead atoms. The molecule has 1 fully saturated rings. The molecule has 0 amide bonds. The smallest absolute Gasteiger partial charge is 0.107 e. The molecule has 3 rings (SSSR count). The predicted octanol–water partition coefficient (Wildman–Crippen LogP) is 2.93. The maximum Gasteiger partial charge on any atom is 0.107 e. The highest BCUT2D eigenvalue weighted by Gasteiger charge is 2.20. The van der Waals surface area contributed by atoms with Crippen molar-refractivity contribution in [2.24, 2.45) is 0 Å². The van der Waals surface area contributed by atoms with Crippen molar-refractivity contribution in [3.05, 3.63) is 41.0 Å². The standard InChI is InChI=1S/C14H13N3S/c15-7-10-2-1-3-11(6-10)13-8-17-14(18-13)9-16-12-4-5-12/h1-3,6,8,12,16H,4-5,9H2. The molecular formula is C14H13N3S. The number of thiazole rings is 1. The summed E-state index contributed by atoms with van der Waals surface area (Å²) in [5.41, 5.74) is 1.77. The Morgan fingerprint density at radius 1 is 1.44 bits per heavy atom. The predicted molar refractivity (Wildman–Crippen MR) is 72.1 cm³/mol. The van der Waals surface area contributed by atoms with E-state index in [1.54, 1.807) is 11.3 Å². The highest BCUT2D eigenvalue weighted by molar-refractivity contribution is 7.15. The lowest BCUT2D eigenvalue weighted by Gasteiger charge is -1.98. The Balaban J connectivity index is 1.76. The van der Waals surface area contributed by atoms with Gasteiger partial charge in [0.05, 0.1) is 16.5 Å². The zero-order valence-electron chi connectivity index (χ0n) is 9.89. The van der Waals surface area contributed by atoms with E-state index in [1.807, 2.05) is 30.5 Å². The molecule has 1 aromatic heterocycles. The van der Waals surface area contributed by atoms with E-state index < -0.39 is 0 Å². The van der Waals surface area contributed by atoms with E-state index in [0.717, 1.165) is 22.0 Å². The SMILES string of the molecule is N#Cc1cccc(-c2cnc(CNC3CC3)s2)c1. The molecule has 2 aromatic rings. The molecule has 0 aliphatic heterocycles. The van der Waals surface area contributed by atoms with Gasteiger partial charge in [0, 0.05) is 18.8 Å². The summed E-state index contributed by atoms with van der Waals surface area (Å²) in [6, 6.07) is 10.5. The Labute approximate surface area is 110 Å². The van der Waals surface area contributed by atoms with Gasteiger partial charge < -0.3 is 5.32 Å². The van der Waals surface area contributed by atoms with Crippen molar-refractivity contribution in [1.82, 2.24) is 10.3 Å². The second-order valence-electron chi connectivity index (χ2n) is 4.47. The van der Waals surface area contributed by atoms with Crippen LogP contribution >= 0.6 is 11.3 Å². The maximum absolute atomic E-state index is 8.89. The van der Waals surface area contributed by atoms with Gasteiger partial charge in [-0.1, -0.05) is 12.1 Å². The van der Waals surface area contributed by atoms with Gasteiger partial charge in [0.2, 0.25) is 0 Å². The number of benzene rings is 1. The van der Waals surface area contributed by atoms with Crippen LogP contribution in [0.5, 0.6) is 0 Å². The summed E-state index contributed by atoms with van der Waals surface area (Å²) in [6.45, 7) is 0.854.